The maximum Gasteiger partial charge on any atom is 0.0929 e. The van der Waals surface area contributed by atoms with Gasteiger partial charge >= 0.3 is 0 Å². The molecule has 0 saturated carbocycles. The van der Waals surface area contributed by atoms with Gasteiger partial charge in [-0.05, 0) is 12.8 Å². The van der Waals surface area contributed by atoms with Crippen LogP contribution in [0.25, 0.3) is 0 Å². The maximum atomic E-state index is 4.97. The van der Waals surface area contributed by atoms with Gasteiger partial charge in [0, 0.05) is 25.5 Å². The van der Waals surface area contributed by atoms with Crippen molar-refractivity contribution in [1.82, 2.24) is 4.98 Å². The van der Waals surface area contributed by atoms with Crippen molar-refractivity contribution in [2.45, 2.75) is 26.2 Å². The average molecular weight is 185 g/mol. The Kier molecular flexibility index (Phi) is 4.25. The van der Waals surface area contributed by atoms with Crippen LogP contribution in [0.15, 0.2) is 5.38 Å². The molecule has 0 saturated heterocycles. The monoisotopic (exact) mass is 185 g/mol. The zero-order valence-electron chi connectivity index (χ0n) is 7.67. The van der Waals surface area contributed by atoms with Gasteiger partial charge in [0.05, 0.1) is 10.7 Å². The van der Waals surface area contributed by atoms with E-state index < -0.39 is 0 Å². The molecule has 0 atom stereocenters. The minimum atomic E-state index is 0.834. The number of nitrogens with zero attached hydrogens (tertiary/aromatic N) is 1. The Morgan fingerprint density at radius 1 is 1.58 bits per heavy atom. The molecule has 0 bridgehead atoms. The fraction of sp³-hybridized carbons (Fsp3) is 0.667. The van der Waals surface area contributed by atoms with Crippen LogP contribution < -0.4 is 0 Å². The van der Waals surface area contributed by atoms with Gasteiger partial charge in [0.15, 0.2) is 0 Å². The standard InChI is InChI=1S/C9H15NOS/c1-3-8-7-12-9(10-8)5-4-6-11-2/h7H,3-6H2,1-2H3. The zero-order valence-corrected chi connectivity index (χ0v) is 8.49. The summed E-state index contributed by atoms with van der Waals surface area (Å²) in [6.07, 6.45) is 3.17. The molecule has 0 N–H and O–H groups in total. The second kappa shape index (κ2) is 5.27. The SMILES string of the molecule is CCc1csc(CCCOC)n1. The molecule has 0 aliphatic carbocycles. The molecule has 1 aromatic rings. The van der Waals surface area contributed by atoms with E-state index in [4.69, 9.17) is 4.74 Å². The lowest BCUT2D eigenvalue weighted by molar-refractivity contribution is 0.195. The molecule has 1 heterocycles. The number of ether oxygens (including phenoxy) is 1. The van der Waals surface area contributed by atoms with E-state index in [9.17, 15) is 0 Å². The summed E-state index contributed by atoms with van der Waals surface area (Å²) in [4.78, 5) is 4.46. The fourth-order valence-electron chi connectivity index (χ4n) is 0.994. The third-order valence-electron chi connectivity index (χ3n) is 1.70. The first-order chi connectivity index (χ1) is 5.86. The lowest BCUT2D eigenvalue weighted by atomic mass is 10.3. The van der Waals surface area contributed by atoms with Crippen LogP contribution in [0.5, 0.6) is 0 Å². The Morgan fingerprint density at radius 2 is 2.42 bits per heavy atom. The molecule has 0 spiro atoms. The van der Waals surface area contributed by atoms with Crippen molar-refractivity contribution in [2.75, 3.05) is 13.7 Å². The van der Waals surface area contributed by atoms with Crippen molar-refractivity contribution >= 4 is 11.3 Å². The third kappa shape index (κ3) is 2.91. The fourth-order valence-corrected chi connectivity index (χ4v) is 1.92. The van der Waals surface area contributed by atoms with Crippen molar-refractivity contribution in [2.24, 2.45) is 0 Å². The average Bonchev–Trinajstić information content (AvgIpc) is 2.53. The molecule has 12 heavy (non-hydrogen) atoms. The summed E-state index contributed by atoms with van der Waals surface area (Å²) >= 11 is 1.76. The first-order valence-corrected chi connectivity index (χ1v) is 5.17. The maximum absolute atomic E-state index is 4.97. The van der Waals surface area contributed by atoms with Crippen LogP contribution in [0.3, 0.4) is 0 Å². The summed E-state index contributed by atoms with van der Waals surface area (Å²) in [6, 6.07) is 0. The summed E-state index contributed by atoms with van der Waals surface area (Å²) in [5.74, 6) is 0. The van der Waals surface area contributed by atoms with Crippen LogP contribution in [-0.2, 0) is 17.6 Å². The highest BCUT2D eigenvalue weighted by Crippen LogP contribution is 2.11. The van der Waals surface area contributed by atoms with E-state index in [1.807, 2.05) is 0 Å². The van der Waals surface area contributed by atoms with Crippen LogP contribution in [0.4, 0.5) is 0 Å². The first kappa shape index (κ1) is 9.68. The van der Waals surface area contributed by atoms with Crippen LogP contribution in [0, 0.1) is 0 Å². The molecule has 0 amide bonds. The van der Waals surface area contributed by atoms with Gasteiger partial charge < -0.3 is 4.74 Å². The number of aryl methyl sites for hydroxylation is 2. The topological polar surface area (TPSA) is 22.1 Å². The van der Waals surface area contributed by atoms with E-state index >= 15 is 0 Å². The Balaban J connectivity index is 2.31. The predicted molar refractivity (Wildman–Crippen MR) is 51.7 cm³/mol. The van der Waals surface area contributed by atoms with E-state index in [-0.39, 0.29) is 0 Å². The van der Waals surface area contributed by atoms with Gasteiger partial charge in [0.25, 0.3) is 0 Å². The molecule has 0 unspecified atom stereocenters. The Labute approximate surface area is 77.6 Å². The summed E-state index contributed by atoms with van der Waals surface area (Å²) in [5, 5.41) is 3.38. The van der Waals surface area contributed by atoms with E-state index in [1.165, 1.54) is 10.7 Å². The molecule has 0 fully saturated rings. The van der Waals surface area contributed by atoms with Gasteiger partial charge in [-0.2, -0.15) is 0 Å². The number of hydrogen-bond donors (Lipinski definition) is 0. The highest BCUT2D eigenvalue weighted by molar-refractivity contribution is 7.09. The second-order valence-electron chi connectivity index (χ2n) is 2.68. The summed E-state index contributed by atoms with van der Waals surface area (Å²) < 4.78 is 4.97. The molecule has 0 radical (unpaired) electrons. The summed E-state index contributed by atoms with van der Waals surface area (Å²) in [7, 11) is 1.74. The lowest BCUT2D eigenvalue weighted by Crippen LogP contribution is -1.92. The zero-order chi connectivity index (χ0) is 8.81. The molecular formula is C9H15NOS. The first-order valence-electron chi connectivity index (χ1n) is 4.29. The molecule has 2 nitrogen and oxygen atoms in total. The molecule has 1 rings (SSSR count). The molecule has 0 aliphatic heterocycles. The van der Waals surface area contributed by atoms with Crippen LogP contribution >= 0.6 is 11.3 Å². The van der Waals surface area contributed by atoms with Crippen LogP contribution in [0.1, 0.15) is 24.0 Å². The number of rotatable bonds is 5. The largest absolute Gasteiger partial charge is 0.385 e. The molecular weight excluding hydrogens is 170 g/mol. The minimum absolute atomic E-state index is 0.834. The van der Waals surface area contributed by atoms with Crippen molar-refractivity contribution in [3.05, 3.63) is 16.1 Å². The van der Waals surface area contributed by atoms with Gasteiger partial charge in [-0.15, -0.1) is 11.3 Å². The highest BCUT2D eigenvalue weighted by atomic mass is 32.1. The summed E-state index contributed by atoms with van der Waals surface area (Å²) in [6.45, 7) is 2.97. The van der Waals surface area contributed by atoms with Crippen molar-refractivity contribution in [3.63, 3.8) is 0 Å². The predicted octanol–water partition coefficient (Wildman–Crippen LogP) is 2.28. The molecule has 0 aliphatic rings. The van der Waals surface area contributed by atoms with Crippen LogP contribution in [-0.4, -0.2) is 18.7 Å². The van der Waals surface area contributed by atoms with E-state index in [0.717, 1.165) is 25.9 Å². The van der Waals surface area contributed by atoms with Gasteiger partial charge in [-0.25, -0.2) is 4.98 Å². The molecule has 1 aromatic heterocycles. The van der Waals surface area contributed by atoms with Gasteiger partial charge in [0.1, 0.15) is 0 Å². The molecule has 68 valence electrons. The van der Waals surface area contributed by atoms with Crippen LogP contribution in [0.2, 0.25) is 0 Å². The quantitative estimate of drug-likeness (QED) is 0.657. The van der Waals surface area contributed by atoms with Crippen molar-refractivity contribution in [1.29, 1.82) is 0 Å². The molecule has 3 heteroatoms. The number of aromatic nitrogens is 1. The lowest BCUT2D eigenvalue weighted by Gasteiger charge is -1.94. The van der Waals surface area contributed by atoms with E-state index in [1.54, 1.807) is 18.4 Å². The molecule has 0 aromatic carbocycles. The minimum Gasteiger partial charge on any atom is -0.385 e. The normalized spacial score (nSPS) is 10.5. The Hall–Kier alpha value is -0.410. The van der Waals surface area contributed by atoms with Crippen molar-refractivity contribution < 1.29 is 4.74 Å². The number of thiazole rings is 1. The summed E-state index contributed by atoms with van der Waals surface area (Å²) in [5.41, 5.74) is 1.22. The second-order valence-corrected chi connectivity index (χ2v) is 3.63. The van der Waals surface area contributed by atoms with Gasteiger partial charge in [-0.3, -0.25) is 0 Å². The number of methoxy groups -OCH3 is 1. The Bertz CT molecular complexity index is 222. The third-order valence-corrected chi connectivity index (χ3v) is 2.66. The Morgan fingerprint density at radius 3 is 3.00 bits per heavy atom. The van der Waals surface area contributed by atoms with Gasteiger partial charge in [-0.1, -0.05) is 6.92 Å². The van der Waals surface area contributed by atoms with Gasteiger partial charge in [0.2, 0.25) is 0 Å². The van der Waals surface area contributed by atoms with E-state index in [2.05, 4.69) is 17.3 Å². The number of hydrogen-bond acceptors (Lipinski definition) is 3. The smallest absolute Gasteiger partial charge is 0.0929 e. The van der Waals surface area contributed by atoms with E-state index in [0.29, 0.717) is 0 Å². The highest BCUT2D eigenvalue weighted by Gasteiger charge is 1.99. The van der Waals surface area contributed by atoms with Crippen molar-refractivity contribution in [3.8, 4) is 0 Å².